The molecule has 0 fully saturated rings. The lowest BCUT2D eigenvalue weighted by atomic mass is 10.2. The highest BCUT2D eigenvalue weighted by Gasteiger charge is 2.06. The first-order chi connectivity index (χ1) is 10.5. The Morgan fingerprint density at radius 1 is 1.14 bits per heavy atom. The molecular weight excluding hydrogens is 304 g/mol. The predicted molar refractivity (Wildman–Crippen MR) is 85.1 cm³/mol. The fraction of sp³-hybridized carbons (Fsp3) is 0.235. The van der Waals surface area contributed by atoms with Crippen molar-refractivity contribution in [3.05, 3.63) is 53.1 Å². The minimum Gasteiger partial charge on any atom is -0.493 e. The molecule has 0 unspecified atom stereocenters. The Labute approximate surface area is 134 Å². The number of rotatable bonds is 7. The second kappa shape index (κ2) is 7.71. The summed E-state index contributed by atoms with van der Waals surface area (Å²) in [6.45, 7) is 2.33. The van der Waals surface area contributed by atoms with Gasteiger partial charge in [0.05, 0.1) is 11.6 Å². The minimum atomic E-state index is -0.830. The fourth-order valence-corrected chi connectivity index (χ4v) is 1.95. The van der Waals surface area contributed by atoms with Crippen molar-refractivity contribution in [3.8, 4) is 17.2 Å². The van der Waals surface area contributed by atoms with Crippen LogP contribution >= 0.6 is 11.6 Å². The molecule has 1 N–H and O–H groups in total. The molecule has 22 heavy (non-hydrogen) atoms. The molecule has 0 saturated carbocycles. The topological polar surface area (TPSA) is 55.8 Å². The molecule has 0 atom stereocenters. The summed E-state index contributed by atoms with van der Waals surface area (Å²) in [7, 11) is 0. The van der Waals surface area contributed by atoms with Crippen molar-refractivity contribution in [1.82, 2.24) is 0 Å². The van der Waals surface area contributed by atoms with Crippen LogP contribution in [0.15, 0.2) is 42.5 Å². The van der Waals surface area contributed by atoms with Crippen molar-refractivity contribution in [3.63, 3.8) is 0 Å². The van der Waals surface area contributed by atoms with E-state index in [0.29, 0.717) is 35.3 Å². The van der Waals surface area contributed by atoms with Crippen molar-refractivity contribution in [2.75, 3.05) is 6.61 Å². The SMILES string of the molecule is Cc1ccc(Oc2cc(OCCCC(=O)O)ccc2Cl)cc1. The first-order valence-electron chi connectivity index (χ1n) is 6.93. The number of carboxylic acids is 1. The minimum absolute atomic E-state index is 0.0836. The zero-order chi connectivity index (χ0) is 15.9. The number of aliphatic carboxylic acids is 1. The summed E-state index contributed by atoms with van der Waals surface area (Å²) in [5.41, 5.74) is 1.15. The van der Waals surface area contributed by atoms with Gasteiger partial charge in [-0.25, -0.2) is 0 Å². The van der Waals surface area contributed by atoms with E-state index < -0.39 is 5.97 Å². The maximum absolute atomic E-state index is 10.4. The number of aryl methyl sites for hydroxylation is 1. The Hall–Kier alpha value is -2.20. The van der Waals surface area contributed by atoms with Crippen LogP contribution in [-0.2, 0) is 4.79 Å². The van der Waals surface area contributed by atoms with Gasteiger partial charge in [-0.2, -0.15) is 0 Å². The summed E-state index contributed by atoms with van der Waals surface area (Å²) < 4.78 is 11.3. The van der Waals surface area contributed by atoms with Gasteiger partial charge >= 0.3 is 5.97 Å². The van der Waals surface area contributed by atoms with E-state index in [0.717, 1.165) is 5.56 Å². The molecule has 0 bridgehead atoms. The third-order valence-electron chi connectivity index (χ3n) is 2.96. The predicted octanol–water partition coefficient (Wildman–Crippen LogP) is 4.68. The molecule has 0 radical (unpaired) electrons. The van der Waals surface area contributed by atoms with Crippen molar-refractivity contribution >= 4 is 17.6 Å². The summed E-state index contributed by atoms with van der Waals surface area (Å²) in [5.74, 6) is 0.955. The van der Waals surface area contributed by atoms with Gasteiger partial charge in [-0.05, 0) is 37.6 Å². The molecule has 2 rings (SSSR count). The highest BCUT2D eigenvalue weighted by molar-refractivity contribution is 6.32. The number of carbonyl (C=O) groups is 1. The van der Waals surface area contributed by atoms with E-state index >= 15 is 0 Å². The van der Waals surface area contributed by atoms with E-state index in [1.54, 1.807) is 18.2 Å². The number of ether oxygens (including phenoxy) is 2. The van der Waals surface area contributed by atoms with Crippen LogP contribution in [0, 0.1) is 6.92 Å². The van der Waals surface area contributed by atoms with Gasteiger partial charge in [0, 0.05) is 12.5 Å². The average Bonchev–Trinajstić information content (AvgIpc) is 2.49. The van der Waals surface area contributed by atoms with Crippen LogP contribution in [0.2, 0.25) is 5.02 Å². The van der Waals surface area contributed by atoms with Gasteiger partial charge in [-0.3, -0.25) is 4.79 Å². The summed E-state index contributed by atoms with van der Waals surface area (Å²) in [5, 5.41) is 9.07. The third kappa shape index (κ3) is 4.97. The Morgan fingerprint density at radius 3 is 2.50 bits per heavy atom. The highest BCUT2D eigenvalue weighted by Crippen LogP contribution is 2.33. The first kappa shape index (κ1) is 16.2. The van der Waals surface area contributed by atoms with Gasteiger partial charge in [0.1, 0.15) is 17.2 Å². The van der Waals surface area contributed by atoms with E-state index in [1.807, 2.05) is 31.2 Å². The molecular formula is C17H17ClO4. The van der Waals surface area contributed by atoms with Crippen LogP contribution in [0.4, 0.5) is 0 Å². The maximum Gasteiger partial charge on any atom is 0.303 e. The molecule has 0 heterocycles. The summed E-state index contributed by atoms with van der Waals surface area (Å²) in [6, 6.07) is 12.8. The summed E-state index contributed by atoms with van der Waals surface area (Å²) >= 11 is 6.12. The van der Waals surface area contributed by atoms with Crippen LogP contribution in [0.5, 0.6) is 17.2 Å². The first-order valence-corrected chi connectivity index (χ1v) is 7.31. The molecule has 0 amide bonds. The molecule has 2 aromatic carbocycles. The van der Waals surface area contributed by atoms with Gasteiger partial charge in [0.2, 0.25) is 0 Å². The highest BCUT2D eigenvalue weighted by atomic mass is 35.5. The number of carboxylic acid groups (broad SMARTS) is 1. The summed E-state index contributed by atoms with van der Waals surface area (Å²) in [6.07, 6.45) is 0.534. The van der Waals surface area contributed by atoms with E-state index in [9.17, 15) is 4.79 Å². The van der Waals surface area contributed by atoms with Crippen LogP contribution in [0.1, 0.15) is 18.4 Å². The lowest BCUT2D eigenvalue weighted by molar-refractivity contribution is -0.137. The number of halogens is 1. The fourth-order valence-electron chi connectivity index (χ4n) is 1.80. The van der Waals surface area contributed by atoms with Crippen molar-refractivity contribution < 1.29 is 19.4 Å². The van der Waals surface area contributed by atoms with E-state index in [2.05, 4.69) is 0 Å². The van der Waals surface area contributed by atoms with Gasteiger partial charge in [0.15, 0.2) is 0 Å². The molecule has 0 spiro atoms. The molecule has 0 aliphatic heterocycles. The van der Waals surface area contributed by atoms with Crippen molar-refractivity contribution in [2.24, 2.45) is 0 Å². The van der Waals surface area contributed by atoms with E-state index in [-0.39, 0.29) is 6.42 Å². The summed E-state index contributed by atoms with van der Waals surface area (Å²) in [4.78, 5) is 10.4. The van der Waals surface area contributed by atoms with E-state index in [4.69, 9.17) is 26.2 Å². The monoisotopic (exact) mass is 320 g/mol. The second-order valence-corrected chi connectivity index (χ2v) is 5.26. The van der Waals surface area contributed by atoms with Crippen LogP contribution in [0.3, 0.4) is 0 Å². The molecule has 116 valence electrons. The lowest BCUT2D eigenvalue weighted by Crippen LogP contribution is -2.02. The largest absolute Gasteiger partial charge is 0.493 e. The van der Waals surface area contributed by atoms with E-state index in [1.165, 1.54) is 0 Å². The number of hydrogen-bond donors (Lipinski definition) is 1. The molecule has 0 aliphatic rings. The molecule has 5 heteroatoms. The second-order valence-electron chi connectivity index (χ2n) is 4.85. The lowest BCUT2D eigenvalue weighted by Gasteiger charge is -2.11. The molecule has 4 nitrogen and oxygen atoms in total. The van der Waals surface area contributed by atoms with Gasteiger partial charge in [-0.15, -0.1) is 0 Å². The van der Waals surface area contributed by atoms with Crippen LogP contribution in [0.25, 0.3) is 0 Å². The Morgan fingerprint density at radius 2 is 1.82 bits per heavy atom. The van der Waals surface area contributed by atoms with Crippen molar-refractivity contribution in [1.29, 1.82) is 0 Å². The van der Waals surface area contributed by atoms with Gasteiger partial charge in [0.25, 0.3) is 0 Å². The van der Waals surface area contributed by atoms with Gasteiger partial charge < -0.3 is 14.6 Å². The normalized spacial score (nSPS) is 10.3. The third-order valence-corrected chi connectivity index (χ3v) is 3.27. The molecule has 2 aromatic rings. The Kier molecular flexibility index (Phi) is 5.67. The van der Waals surface area contributed by atoms with Gasteiger partial charge in [-0.1, -0.05) is 29.3 Å². The Balaban J connectivity index is 2.00. The molecule has 0 aromatic heterocycles. The quantitative estimate of drug-likeness (QED) is 0.752. The zero-order valence-corrected chi connectivity index (χ0v) is 13.0. The standard InChI is InChI=1S/C17H17ClO4/c1-12-4-6-13(7-5-12)22-16-11-14(8-9-15(16)18)21-10-2-3-17(19)20/h4-9,11H,2-3,10H2,1H3,(H,19,20). The van der Waals surface area contributed by atoms with Crippen LogP contribution in [-0.4, -0.2) is 17.7 Å². The van der Waals surface area contributed by atoms with Crippen LogP contribution < -0.4 is 9.47 Å². The zero-order valence-electron chi connectivity index (χ0n) is 12.2. The average molecular weight is 321 g/mol. The smallest absolute Gasteiger partial charge is 0.303 e. The number of benzene rings is 2. The van der Waals surface area contributed by atoms with Crippen molar-refractivity contribution in [2.45, 2.75) is 19.8 Å². The maximum atomic E-state index is 10.4. The number of hydrogen-bond acceptors (Lipinski definition) is 3. The molecule has 0 saturated heterocycles. The Bertz CT molecular complexity index is 638. The molecule has 0 aliphatic carbocycles.